The highest BCUT2D eigenvalue weighted by Gasteiger charge is 2.31. The van der Waals surface area contributed by atoms with E-state index in [1.54, 1.807) is 42.5 Å². The Morgan fingerprint density at radius 3 is 2.56 bits per heavy atom. The van der Waals surface area contributed by atoms with Gasteiger partial charge in [-0.2, -0.15) is 18.4 Å². The minimum absolute atomic E-state index is 0.0306. The van der Waals surface area contributed by atoms with E-state index >= 15 is 0 Å². The van der Waals surface area contributed by atoms with Crippen LogP contribution < -0.4 is 20.1 Å². The summed E-state index contributed by atoms with van der Waals surface area (Å²) < 4.78 is 52.1. The van der Waals surface area contributed by atoms with Crippen molar-refractivity contribution in [3.05, 3.63) is 121 Å². The molecule has 0 saturated heterocycles. The van der Waals surface area contributed by atoms with Gasteiger partial charge in [0.2, 0.25) is 0 Å². The number of carbonyl (C=O) groups excluding carboxylic acids is 1. The molecule has 0 radical (unpaired) electrons. The molecular formula is C29H17ClF3N3O4S. The van der Waals surface area contributed by atoms with Crippen LogP contribution in [0.5, 0.6) is 0 Å². The molecule has 0 aliphatic carbocycles. The van der Waals surface area contributed by atoms with E-state index in [1.807, 2.05) is 6.07 Å². The maximum Gasteiger partial charge on any atom is 0.416 e. The largest absolute Gasteiger partial charge is 0.467 e. The van der Waals surface area contributed by atoms with E-state index in [0.717, 1.165) is 29.5 Å². The van der Waals surface area contributed by atoms with Crippen LogP contribution in [0.2, 0.25) is 5.02 Å². The zero-order valence-corrected chi connectivity index (χ0v) is 22.3. The fourth-order valence-corrected chi connectivity index (χ4v) is 5.21. The van der Waals surface area contributed by atoms with Crippen molar-refractivity contribution >= 4 is 40.5 Å². The first-order chi connectivity index (χ1) is 19.7. The Balaban J connectivity index is 1.61. The number of para-hydroxylation sites is 1. The first-order valence-electron chi connectivity index (χ1n) is 11.9. The Kier molecular flexibility index (Phi) is 7.70. The average Bonchev–Trinajstić information content (AvgIpc) is 3.70. The zero-order valence-electron chi connectivity index (χ0n) is 20.7. The molecule has 0 aliphatic heterocycles. The Morgan fingerprint density at radius 2 is 1.88 bits per heavy atom. The third kappa shape index (κ3) is 5.89. The molecule has 0 saturated carbocycles. The summed E-state index contributed by atoms with van der Waals surface area (Å²) >= 11 is 7.03. The van der Waals surface area contributed by atoms with E-state index in [4.69, 9.17) is 20.4 Å². The van der Waals surface area contributed by atoms with Gasteiger partial charge in [-0.15, -0.1) is 11.3 Å². The normalized spacial score (nSPS) is 12.7. The molecule has 1 N–H and O–H groups in total. The first-order valence-corrected chi connectivity index (χ1v) is 13.1. The number of alkyl halides is 3. The topological polar surface area (TPSA) is 101 Å². The Morgan fingerprint density at radius 1 is 1.10 bits per heavy atom. The number of hydrogen-bond donors (Lipinski definition) is 1. The number of amides is 1. The molecule has 0 aliphatic rings. The van der Waals surface area contributed by atoms with E-state index in [9.17, 15) is 28.0 Å². The molecule has 3 heterocycles. The lowest BCUT2D eigenvalue weighted by Crippen LogP contribution is -2.33. The average molecular weight is 596 g/mol. The van der Waals surface area contributed by atoms with Crippen molar-refractivity contribution in [1.29, 1.82) is 5.26 Å². The minimum Gasteiger partial charge on any atom is -0.467 e. The van der Waals surface area contributed by atoms with Crippen molar-refractivity contribution in [3.8, 4) is 23.1 Å². The van der Waals surface area contributed by atoms with Crippen LogP contribution in [0, 0.1) is 11.3 Å². The summed E-state index contributed by atoms with van der Waals surface area (Å²) in [5, 5.41) is 12.6. The monoisotopic (exact) mass is 595 g/mol. The molecule has 2 aromatic carbocycles. The second-order valence-electron chi connectivity index (χ2n) is 8.54. The number of nitriles is 1. The Hall–Kier alpha value is -4.79. The number of benzene rings is 2. The van der Waals surface area contributed by atoms with E-state index < -0.39 is 23.2 Å². The lowest BCUT2D eigenvalue weighted by molar-refractivity contribution is -0.137. The van der Waals surface area contributed by atoms with Crippen LogP contribution in [0.15, 0.2) is 92.7 Å². The number of nitrogens with zero attached hydrogens (tertiary/aromatic N) is 2. The number of halogens is 4. The number of nitrogens with one attached hydrogen (secondary N) is 1. The molecular weight excluding hydrogens is 579 g/mol. The van der Waals surface area contributed by atoms with Gasteiger partial charge >= 0.3 is 6.18 Å². The Labute approximate surface area is 238 Å². The lowest BCUT2D eigenvalue weighted by Gasteiger charge is -2.09. The molecule has 0 unspecified atom stereocenters. The standard InChI is InChI=1S/C29H17ClF3N3O4S/c30-23-10-8-17(29(31,32)33)13-21(23)24-11-9-19(40-24)14-25-27(38)36(18-5-2-1-3-6-18)28(41-25)22(15-34)26(37)35-16-20-7-4-12-39-20/h1-14H,16H2,(H,35,37)/b25-14-,28-22-. The molecule has 41 heavy (non-hydrogen) atoms. The van der Waals surface area contributed by atoms with Crippen LogP contribution in [0.25, 0.3) is 28.7 Å². The van der Waals surface area contributed by atoms with Crippen molar-refractivity contribution in [2.75, 3.05) is 0 Å². The molecule has 12 heteroatoms. The van der Waals surface area contributed by atoms with Gasteiger partial charge in [-0.05, 0) is 54.6 Å². The van der Waals surface area contributed by atoms with Crippen LogP contribution >= 0.6 is 22.9 Å². The van der Waals surface area contributed by atoms with Gasteiger partial charge in [0.15, 0.2) is 5.57 Å². The second kappa shape index (κ2) is 11.4. The van der Waals surface area contributed by atoms with Crippen molar-refractivity contribution in [2.24, 2.45) is 0 Å². The highest BCUT2D eigenvalue weighted by molar-refractivity contribution is 7.07. The third-order valence-electron chi connectivity index (χ3n) is 5.85. The summed E-state index contributed by atoms with van der Waals surface area (Å²) in [5.41, 5.74) is -1.26. The number of carbonyl (C=O) groups is 1. The van der Waals surface area contributed by atoms with Gasteiger partial charge in [-0.1, -0.05) is 29.8 Å². The van der Waals surface area contributed by atoms with E-state index in [-0.39, 0.29) is 43.4 Å². The van der Waals surface area contributed by atoms with Crippen molar-refractivity contribution < 1.29 is 26.8 Å². The molecule has 0 bridgehead atoms. The highest BCUT2D eigenvalue weighted by Crippen LogP contribution is 2.36. The number of furan rings is 2. The van der Waals surface area contributed by atoms with Crippen LogP contribution in [0.4, 0.5) is 13.2 Å². The number of hydrogen-bond acceptors (Lipinski definition) is 6. The number of rotatable bonds is 6. The summed E-state index contributed by atoms with van der Waals surface area (Å²) in [7, 11) is 0. The highest BCUT2D eigenvalue weighted by atomic mass is 35.5. The second-order valence-corrected chi connectivity index (χ2v) is 9.97. The maximum absolute atomic E-state index is 13.6. The first kappa shape index (κ1) is 27.8. The molecule has 5 aromatic rings. The maximum atomic E-state index is 13.6. The van der Waals surface area contributed by atoms with E-state index in [0.29, 0.717) is 11.4 Å². The summed E-state index contributed by atoms with van der Waals surface area (Å²) in [6.45, 7) is 0.0320. The number of thiazole rings is 1. The molecule has 0 fully saturated rings. The van der Waals surface area contributed by atoms with Gasteiger partial charge in [-0.3, -0.25) is 14.2 Å². The van der Waals surface area contributed by atoms with E-state index in [1.165, 1.54) is 29.0 Å². The third-order valence-corrected chi connectivity index (χ3v) is 7.28. The summed E-state index contributed by atoms with van der Waals surface area (Å²) in [5.74, 6) is -0.0138. The van der Waals surface area contributed by atoms with Crippen LogP contribution in [0.3, 0.4) is 0 Å². The van der Waals surface area contributed by atoms with Gasteiger partial charge in [0.1, 0.15) is 28.0 Å². The van der Waals surface area contributed by atoms with Crippen LogP contribution in [-0.4, -0.2) is 10.5 Å². The molecule has 3 aromatic heterocycles. The van der Waals surface area contributed by atoms with Gasteiger partial charge in [-0.25, -0.2) is 0 Å². The van der Waals surface area contributed by atoms with Crippen molar-refractivity contribution in [3.63, 3.8) is 0 Å². The van der Waals surface area contributed by atoms with Gasteiger partial charge in [0.25, 0.3) is 11.5 Å². The minimum atomic E-state index is -4.57. The Bertz CT molecular complexity index is 1950. The summed E-state index contributed by atoms with van der Waals surface area (Å²) in [4.78, 5) is 26.5. The molecule has 1 amide bonds. The predicted molar refractivity (Wildman–Crippen MR) is 146 cm³/mol. The summed E-state index contributed by atoms with van der Waals surface area (Å²) in [6, 6.07) is 19.5. The van der Waals surface area contributed by atoms with E-state index in [2.05, 4.69) is 5.32 Å². The van der Waals surface area contributed by atoms with Gasteiger partial charge < -0.3 is 14.2 Å². The predicted octanol–water partition coefficient (Wildman–Crippen LogP) is 5.24. The molecule has 0 atom stereocenters. The van der Waals surface area contributed by atoms with Crippen LogP contribution in [0.1, 0.15) is 17.1 Å². The fraction of sp³-hybridized carbons (Fsp3) is 0.0690. The molecule has 206 valence electrons. The molecule has 0 spiro atoms. The summed E-state index contributed by atoms with van der Waals surface area (Å²) in [6.07, 6.45) is -1.74. The number of aromatic nitrogens is 1. The van der Waals surface area contributed by atoms with Gasteiger partial charge in [0.05, 0.1) is 33.6 Å². The zero-order chi connectivity index (χ0) is 29.1. The fourth-order valence-electron chi connectivity index (χ4n) is 3.92. The quantitative estimate of drug-likeness (QED) is 0.289. The van der Waals surface area contributed by atoms with Crippen LogP contribution in [-0.2, 0) is 17.5 Å². The van der Waals surface area contributed by atoms with Crippen molar-refractivity contribution in [2.45, 2.75) is 12.7 Å². The molecule has 7 nitrogen and oxygen atoms in total. The molecule has 5 rings (SSSR count). The smallest absolute Gasteiger partial charge is 0.416 e. The van der Waals surface area contributed by atoms with Crippen molar-refractivity contribution in [1.82, 2.24) is 9.88 Å². The SMILES string of the molecule is N#C/C(C(=O)NCc1ccco1)=c1/s/c(=C\c2ccc(-c3cc(C(F)(F)F)ccc3Cl)o2)c(=O)n1-c1ccccc1. The lowest BCUT2D eigenvalue weighted by atomic mass is 10.1. The van der Waals surface area contributed by atoms with Gasteiger partial charge in [0, 0.05) is 11.6 Å².